The van der Waals surface area contributed by atoms with Crippen molar-refractivity contribution in [1.29, 1.82) is 0 Å². The van der Waals surface area contributed by atoms with E-state index in [1.807, 2.05) is 12.1 Å². The lowest BCUT2D eigenvalue weighted by molar-refractivity contribution is 0.415. The molecule has 0 bridgehead atoms. The van der Waals surface area contributed by atoms with Crippen LogP contribution in [0.5, 0.6) is 11.5 Å². The standard InChI is InChI=1S/C18H14O2S/c1-19-11-3-5-13-14-6-4-12(20-2)8-16(14)18-10-21-9-17(18)15(13)7-11/h3-10H,1-2H3. The van der Waals surface area contributed by atoms with Gasteiger partial charge in [-0.25, -0.2) is 0 Å². The number of ether oxygens (including phenoxy) is 2. The molecule has 0 unspecified atom stereocenters. The summed E-state index contributed by atoms with van der Waals surface area (Å²) in [5.41, 5.74) is 0. The minimum Gasteiger partial charge on any atom is -0.497 e. The summed E-state index contributed by atoms with van der Waals surface area (Å²) in [4.78, 5) is 0. The zero-order valence-electron chi connectivity index (χ0n) is 11.8. The average Bonchev–Trinajstić information content (AvgIpc) is 3.04. The topological polar surface area (TPSA) is 18.5 Å². The fraction of sp³-hybridized carbons (Fsp3) is 0.111. The number of methoxy groups -OCH3 is 2. The molecule has 4 aromatic rings. The second-order valence-electron chi connectivity index (χ2n) is 5.02. The van der Waals surface area contributed by atoms with Crippen molar-refractivity contribution in [3.63, 3.8) is 0 Å². The van der Waals surface area contributed by atoms with Crippen molar-refractivity contribution in [2.75, 3.05) is 14.2 Å². The van der Waals surface area contributed by atoms with Crippen molar-refractivity contribution in [3.05, 3.63) is 47.2 Å². The Balaban J connectivity index is 2.25. The summed E-state index contributed by atoms with van der Waals surface area (Å²) in [5.74, 6) is 1.78. The molecule has 1 aromatic heterocycles. The second kappa shape index (κ2) is 4.64. The summed E-state index contributed by atoms with van der Waals surface area (Å²) < 4.78 is 10.8. The number of fused-ring (bicyclic) bond motifs is 6. The molecule has 4 rings (SSSR count). The molecule has 0 N–H and O–H groups in total. The molecule has 3 heteroatoms. The molecular weight excluding hydrogens is 280 g/mol. The Labute approximate surface area is 126 Å². The zero-order chi connectivity index (χ0) is 14.4. The van der Waals surface area contributed by atoms with Gasteiger partial charge in [0.15, 0.2) is 0 Å². The van der Waals surface area contributed by atoms with E-state index in [-0.39, 0.29) is 0 Å². The molecule has 21 heavy (non-hydrogen) atoms. The highest BCUT2D eigenvalue weighted by atomic mass is 32.1. The van der Waals surface area contributed by atoms with Crippen LogP contribution in [0.15, 0.2) is 47.2 Å². The summed E-state index contributed by atoms with van der Waals surface area (Å²) in [7, 11) is 3.41. The maximum atomic E-state index is 5.38. The first-order chi connectivity index (χ1) is 10.3. The molecule has 0 atom stereocenters. The van der Waals surface area contributed by atoms with Gasteiger partial charge in [-0.05, 0) is 56.6 Å². The molecule has 0 aliphatic rings. The molecule has 0 saturated carbocycles. The van der Waals surface area contributed by atoms with Crippen LogP contribution < -0.4 is 9.47 Å². The molecule has 2 nitrogen and oxygen atoms in total. The van der Waals surface area contributed by atoms with E-state index in [0.29, 0.717) is 0 Å². The van der Waals surface area contributed by atoms with Gasteiger partial charge in [0.25, 0.3) is 0 Å². The Kier molecular flexibility index (Phi) is 2.76. The van der Waals surface area contributed by atoms with Crippen LogP contribution in [-0.2, 0) is 0 Å². The van der Waals surface area contributed by atoms with Crippen LogP contribution in [0.4, 0.5) is 0 Å². The van der Waals surface area contributed by atoms with E-state index in [9.17, 15) is 0 Å². The van der Waals surface area contributed by atoms with Crippen molar-refractivity contribution < 1.29 is 9.47 Å². The quantitative estimate of drug-likeness (QED) is 0.472. The lowest BCUT2D eigenvalue weighted by atomic mass is 9.96. The van der Waals surface area contributed by atoms with Gasteiger partial charge >= 0.3 is 0 Å². The second-order valence-corrected chi connectivity index (χ2v) is 5.77. The van der Waals surface area contributed by atoms with Crippen molar-refractivity contribution in [1.82, 2.24) is 0 Å². The van der Waals surface area contributed by atoms with E-state index in [4.69, 9.17) is 9.47 Å². The molecule has 3 aromatic carbocycles. The molecular formula is C18H14O2S. The summed E-state index contributed by atoms with van der Waals surface area (Å²) >= 11 is 1.73. The number of thiophene rings is 1. The Morgan fingerprint density at radius 3 is 1.52 bits per heavy atom. The van der Waals surface area contributed by atoms with Gasteiger partial charge < -0.3 is 9.47 Å². The Bertz CT molecular complexity index is 891. The highest BCUT2D eigenvalue weighted by molar-refractivity contribution is 7.09. The largest absolute Gasteiger partial charge is 0.497 e. The highest BCUT2D eigenvalue weighted by Gasteiger charge is 2.10. The van der Waals surface area contributed by atoms with E-state index < -0.39 is 0 Å². The van der Waals surface area contributed by atoms with Crippen molar-refractivity contribution >= 4 is 43.7 Å². The SMILES string of the molecule is COc1ccc2c3ccc(OC)cc3c3cscc3c2c1. The van der Waals surface area contributed by atoms with E-state index in [1.54, 1.807) is 25.6 Å². The summed E-state index contributed by atoms with van der Waals surface area (Å²) in [6.07, 6.45) is 0. The first-order valence-corrected chi connectivity index (χ1v) is 7.69. The van der Waals surface area contributed by atoms with Gasteiger partial charge in [0.2, 0.25) is 0 Å². The van der Waals surface area contributed by atoms with Crippen LogP contribution in [0, 0.1) is 0 Å². The fourth-order valence-corrected chi connectivity index (χ4v) is 3.78. The van der Waals surface area contributed by atoms with Crippen LogP contribution in [0.1, 0.15) is 0 Å². The van der Waals surface area contributed by atoms with Crippen LogP contribution >= 0.6 is 11.3 Å². The van der Waals surface area contributed by atoms with Crippen molar-refractivity contribution in [3.8, 4) is 11.5 Å². The van der Waals surface area contributed by atoms with Crippen LogP contribution in [0.2, 0.25) is 0 Å². The lowest BCUT2D eigenvalue weighted by Crippen LogP contribution is -1.86. The summed E-state index contributed by atoms with van der Waals surface area (Å²) in [5, 5.41) is 11.9. The van der Waals surface area contributed by atoms with Gasteiger partial charge in [-0.3, -0.25) is 0 Å². The minimum absolute atomic E-state index is 0.892. The monoisotopic (exact) mass is 294 g/mol. The zero-order valence-corrected chi connectivity index (χ0v) is 12.7. The number of rotatable bonds is 2. The Hall–Kier alpha value is -2.26. The smallest absolute Gasteiger partial charge is 0.119 e. The third-order valence-corrected chi connectivity index (χ3v) is 4.73. The summed E-state index contributed by atoms with van der Waals surface area (Å²) in [6.45, 7) is 0. The van der Waals surface area contributed by atoms with Crippen LogP contribution in [0.3, 0.4) is 0 Å². The first kappa shape index (κ1) is 12.5. The normalized spacial score (nSPS) is 11.3. The maximum Gasteiger partial charge on any atom is 0.119 e. The van der Waals surface area contributed by atoms with Crippen LogP contribution in [0.25, 0.3) is 32.3 Å². The Morgan fingerprint density at radius 2 is 1.10 bits per heavy atom. The van der Waals surface area contributed by atoms with E-state index in [0.717, 1.165) is 11.5 Å². The molecule has 0 radical (unpaired) electrons. The molecule has 0 saturated heterocycles. The van der Waals surface area contributed by atoms with Gasteiger partial charge in [-0.15, -0.1) is 0 Å². The number of hydrogen-bond donors (Lipinski definition) is 0. The van der Waals surface area contributed by atoms with Gasteiger partial charge in [0.05, 0.1) is 14.2 Å². The molecule has 104 valence electrons. The molecule has 0 aliphatic carbocycles. The predicted octanol–water partition coefficient (Wildman–Crippen LogP) is 5.22. The minimum atomic E-state index is 0.892. The Morgan fingerprint density at radius 1 is 0.619 bits per heavy atom. The predicted molar refractivity (Wildman–Crippen MR) is 89.9 cm³/mol. The number of benzene rings is 3. The van der Waals surface area contributed by atoms with Gasteiger partial charge in [0.1, 0.15) is 11.5 Å². The fourth-order valence-electron chi connectivity index (χ4n) is 2.93. The van der Waals surface area contributed by atoms with E-state index in [2.05, 4.69) is 35.0 Å². The van der Waals surface area contributed by atoms with Gasteiger partial charge in [0, 0.05) is 10.8 Å². The highest BCUT2D eigenvalue weighted by Crippen LogP contribution is 2.39. The third kappa shape index (κ3) is 1.78. The van der Waals surface area contributed by atoms with E-state index in [1.165, 1.54) is 32.3 Å². The third-order valence-electron chi connectivity index (χ3n) is 3.99. The molecule has 0 aliphatic heterocycles. The lowest BCUT2D eigenvalue weighted by Gasteiger charge is -2.10. The summed E-state index contributed by atoms with van der Waals surface area (Å²) in [6, 6.07) is 12.6. The molecule has 0 spiro atoms. The average molecular weight is 294 g/mol. The van der Waals surface area contributed by atoms with Crippen molar-refractivity contribution in [2.45, 2.75) is 0 Å². The van der Waals surface area contributed by atoms with Gasteiger partial charge in [-0.2, -0.15) is 11.3 Å². The number of hydrogen-bond acceptors (Lipinski definition) is 3. The molecule has 1 heterocycles. The molecule has 0 amide bonds. The maximum absolute atomic E-state index is 5.38. The first-order valence-electron chi connectivity index (χ1n) is 6.75. The van der Waals surface area contributed by atoms with Crippen molar-refractivity contribution in [2.24, 2.45) is 0 Å². The molecule has 0 fully saturated rings. The van der Waals surface area contributed by atoms with E-state index >= 15 is 0 Å². The van der Waals surface area contributed by atoms with Gasteiger partial charge in [-0.1, -0.05) is 12.1 Å². The van der Waals surface area contributed by atoms with Crippen LogP contribution in [-0.4, -0.2) is 14.2 Å².